The lowest BCUT2D eigenvalue weighted by Crippen LogP contribution is -2.43. The molecule has 25 heavy (non-hydrogen) atoms. The maximum absolute atomic E-state index is 12.3. The van der Waals surface area contributed by atoms with Gasteiger partial charge in [-0.1, -0.05) is 6.92 Å². The lowest BCUT2D eigenvalue weighted by atomic mass is 10.0. The second-order valence-electron chi connectivity index (χ2n) is 5.47. The van der Waals surface area contributed by atoms with Crippen molar-refractivity contribution in [3.63, 3.8) is 0 Å². The number of hydrogen-bond acceptors (Lipinski definition) is 6. The monoisotopic (exact) mass is 350 g/mol. The average Bonchev–Trinajstić information content (AvgIpc) is 2.59. The van der Waals surface area contributed by atoms with E-state index in [2.05, 4.69) is 20.1 Å². The van der Waals surface area contributed by atoms with Gasteiger partial charge in [-0.25, -0.2) is 4.79 Å². The number of hydrogen-bond donors (Lipinski definition) is 2. The quantitative estimate of drug-likeness (QED) is 0.713. The highest BCUT2D eigenvalue weighted by molar-refractivity contribution is 5.97. The normalized spacial score (nSPS) is 12.5. The van der Waals surface area contributed by atoms with E-state index in [1.807, 2.05) is 0 Å². The summed E-state index contributed by atoms with van der Waals surface area (Å²) < 4.78 is 9.30. The van der Waals surface area contributed by atoms with Crippen molar-refractivity contribution in [1.29, 1.82) is 0 Å². The van der Waals surface area contributed by atoms with Gasteiger partial charge in [-0.2, -0.15) is 0 Å². The predicted octanol–water partition coefficient (Wildman–Crippen LogP) is 1.12. The van der Waals surface area contributed by atoms with Crippen LogP contribution in [0.2, 0.25) is 0 Å². The van der Waals surface area contributed by atoms with Crippen LogP contribution in [0.15, 0.2) is 24.3 Å². The Bertz CT molecular complexity index is 641. The number of methoxy groups -OCH3 is 2. The van der Waals surface area contributed by atoms with Crippen molar-refractivity contribution < 1.29 is 28.7 Å². The summed E-state index contributed by atoms with van der Waals surface area (Å²) in [5.74, 6) is -2.44. The molecule has 136 valence electrons. The van der Waals surface area contributed by atoms with Gasteiger partial charge in [-0.15, -0.1) is 0 Å². The third-order valence-electron chi connectivity index (χ3n) is 3.45. The van der Waals surface area contributed by atoms with Crippen LogP contribution in [0.1, 0.15) is 30.6 Å². The summed E-state index contributed by atoms with van der Waals surface area (Å²) in [7, 11) is 2.45. The Hall–Kier alpha value is -2.90. The van der Waals surface area contributed by atoms with E-state index < -0.39 is 29.8 Å². The zero-order chi connectivity index (χ0) is 19.0. The summed E-state index contributed by atoms with van der Waals surface area (Å²) in [4.78, 5) is 46.7. The predicted molar refractivity (Wildman–Crippen MR) is 89.8 cm³/mol. The number of benzene rings is 1. The van der Waals surface area contributed by atoms with Crippen molar-refractivity contribution in [2.24, 2.45) is 5.92 Å². The van der Waals surface area contributed by atoms with Gasteiger partial charge < -0.3 is 20.1 Å². The second kappa shape index (κ2) is 9.41. The minimum absolute atomic E-state index is 0.0507. The van der Waals surface area contributed by atoms with Gasteiger partial charge in [-0.3, -0.25) is 14.4 Å². The number of rotatable bonds is 7. The third kappa shape index (κ3) is 6.25. The molecule has 0 saturated heterocycles. The first-order valence-electron chi connectivity index (χ1n) is 7.62. The Kier molecular flexibility index (Phi) is 7.58. The Morgan fingerprint density at radius 1 is 1.00 bits per heavy atom. The van der Waals surface area contributed by atoms with Crippen LogP contribution in [0.5, 0.6) is 0 Å². The topological polar surface area (TPSA) is 111 Å². The molecule has 0 saturated carbocycles. The number of esters is 2. The number of nitrogens with one attached hydrogen (secondary N) is 2. The summed E-state index contributed by atoms with van der Waals surface area (Å²) in [6, 6.07) is 5.18. The first-order chi connectivity index (χ1) is 11.8. The van der Waals surface area contributed by atoms with E-state index in [0.717, 1.165) is 0 Å². The molecule has 0 radical (unpaired) electrons. The number of anilines is 1. The summed E-state index contributed by atoms with van der Waals surface area (Å²) in [5.41, 5.74) is 0.849. The maximum Gasteiger partial charge on any atom is 0.328 e. The summed E-state index contributed by atoms with van der Waals surface area (Å²) >= 11 is 0. The molecule has 1 aromatic carbocycles. The van der Waals surface area contributed by atoms with Gasteiger partial charge in [0.1, 0.15) is 6.04 Å². The van der Waals surface area contributed by atoms with E-state index >= 15 is 0 Å². The maximum atomic E-state index is 12.3. The largest absolute Gasteiger partial charge is 0.469 e. The zero-order valence-corrected chi connectivity index (χ0v) is 14.6. The van der Waals surface area contributed by atoms with Crippen LogP contribution in [-0.2, 0) is 23.9 Å². The van der Waals surface area contributed by atoms with Crippen LogP contribution in [0.25, 0.3) is 0 Å². The number of carbonyl (C=O) groups is 4. The molecule has 0 fully saturated rings. The molecule has 2 amide bonds. The minimum atomic E-state index is -0.985. The standard InChI is InChI=1S/C17H22N2O6/c1-10(16(22)24-3)9-14(17(23)25-4)19-15(21)12-5-7-13(8-6-12)18-11(2)20/h5-8,10,14H,9H2,1-4H3,(H,18,20)(H,19,21)/t10-,14+/m1/s1. The van der Waals surface area contributed by atoms with Crippen molar-refractivity contribution >= 4 is 29.4 Å². The highest BCUT2D eigenvalue weighted by Crippen LogP contribution is 2.12. The number of ether oxygens (including phenoxy) is 2. The van der Waals surface area contributed by atoms with E-state index in [1.54, 1.807) is 19.1 Å². The van der Waals surface area contributed by atoms with Crippen LogP contribution in [0.4, 0.5) is 5.69 Å². The van der Waals surface area contributed by atoms with E-state index in [9.17, 15) is 19.2 Å². The van der Waals surface area contributed by atoms with Crippen molar-refractivity contribution in [2.75, 3.05) is 19.5 Å². The fourth-order valence-corrected chi connectivity index (χ4v) is 2.16. The van der Waals surface area contributed by atoms with Gasteiger partial charge in [0, 0.05) is 18.2 Å². The molecule has 1 aromatic rings. The molecule has 0 aliphatic carbocycles. The molecule has 2 N–H and O–H groups in total. The lowest BCUT2D eigenvalue weighted by Gasteiger charge is -2.19. The van der Waals surface area contributed by atoms with Crippen LogP contribution in [0, 0.1) is 5.92 Å². The third-order valence-corrected chi connectivity index (χ3v) is 3.45. The fourth-order valence-electron chi connectivity index (χ4n) is 2.16. The highest BCUT2D eigenvalue weighted by Gasteiger charge is 2.27. The molecule has 8 heteroatoms. The van der Waals surface area contributed by atoms with Crippen molar-refractivity contribution in [1.82, 2.24) is 5.32 Å². The summed E-state index contributed by atoms with van der Waals surface area (Å²) in [6.45, 7) is 2.97. The molecule has 0 aliphatic rings. The van der Waals surface area contributed by atoms with Crippen LogP contribution in [-0.4, -0.2) is 44.0 Å². The number of carbonyl (C=O) groups excluding carboxylic acids is 4. The highest BCUT2D eigenvalue weighted by atomic mass is 16.5. The van der Waals surface area contributed by atoms with Crippen molar-refractivity contribution in [2.45, 2.75) is 26.3 Å². The summed E-state index contributed by atoms with van der Waals surface area (Å²) in [5, 5.41) is 5.13. The molecular weight excluding hydrogens is 328 g/mol. The molecule has 8 nitrogen and oxygen atoms in total. The van der Waals surface area contributed by atoms with Gasteiger partial charge in [0.05, 0.1) is 20.1 Å². The van der Waals surface area contributed by atoms with Gasteiger partial charge in [0.2, 0.25) is 5.91 Å². The smallest absolute Gasteiger partial charge is 0.328 e. The Morgan fingerprint density at radius 2 is 1.56 bits per heavy atom. The van der Waals surface area contributed by atoms with E-state index in [1.165, 1.54) is 33.3 Å². The lowest BCUT2D eigenvalue weighted by molar-refractivity contribution is -0.147. The Balaban J connectivity index is 2.82. The minimum Gasteiger partial charge on any atom is -0.469 e. The molecule has 1 rings (SSSR count). The molecule has 2 atom stereocenters. The number of amides is 2. The zero-order valence-electron chi connectivity index (χ0n) is 14.6. The molecule has 0 heterocycles. The van der Waals surface area contributed by atoms with Crippen molar-refractivity contribution in [3.8, 4) is 0 Å². The molecule has 0 aromatic heterocycles. The van der Waals surface area contributed by atoms with Crippen LogP contribution in [0.3, 0.4) is 0 Å². The van der Waals surface area contributed by atoms with Gasteiger partial charge >= 0.3 is 11.9 Å². The molecule has 0 spiro atoms. The van der Waals surface area contributed by atoms with Crippen LogP contribution >= 0.6 is 0 Å². The average molecular weight is 350 g/mol. The van der Waals surface area contributed by atoms with E-state index in [-0.39, 0.29) is 12.3 Å². The first-order valence-corrected chi connectivity index (χ1v) is 7.62. The van der Waals surface area contributed by atoms with E-state index in [0.29, 0.717) is 11.3 Å². The molecule has 0 bridgehead atoms. The van der Waals surface area contributed by atoms with E-state index in [4.69, 9.17) is 0 Å². The first kappa shape index (κ1) is 20.1. The Labute approximate surface area is 145 Å². The van der Waals surface area contributed by atoms with Gasteiger partial charge in [0.15, 0.2) is 0 Å². The molecule has 0 unspecified atom stereocenters. The fraction of sp³-hybridized carbons (Fsp3) is 0.412. The van der Waals surface area contributed by atoms with Crippen LogP contribution < -0.4 is 10.6 Å². The van der Waals surface area contributed by atoms with Gasteiger partial charge in [0.25, 0.3) is 5.91 Å². The van der Waals surface area contributed by atoms with Gasteiger partial charge in [-0.05, 0) is 30.7 Å². The Morgan fingerprint density at radius 3 is 2.04 bits per heavy atom. The second-order valence-corrected chi connectivity index (χ2v) is 5.47. The SMILES string of the molecule is COC(=O)[C@H](C)C[C@H](NC(=O)c1ccc(NC(C)=O)cc1)C(=O)OC. The molecular formula is C17H22N2O6. The summed E-state index contributed by atoms with van der Waals surface area (Å²) in [6.07, 6.45) is 0.0507. The molecule has 0 aliphatic heterocycles. The van der Waals surface area contributed by atoms with Crippen molar-refractivity contribution in [3.05, 3.63) is 29.8 Å².